The van der Waals surface area contributed by atoms with Gasteiger partial charge < -0.3 is 15.4 Å². The highest BCUT2D eigenvalue weighted by atomic mass is 35.5. The van der Waals surface area contributed by atoms with E-state index >= 15 is 0 Å². The Bertz CT molecular complexity index is 450. The molecule has 0 aliphatic carbocycles. The summed E-state index contributed by atoms with van der Waals surface area (Å²) in [4.78, 5) is 2.34. The van der Waals surface area contributed by atoms with E-state index in [2.05, 4.69) is 17.9 Å². The highest BCUT2D eigenvalue weighted by Crippen LogP contribution is 2.31. The van der Waals surface area contributed by atoms with Crippen molar-refractivity contribution in [3.63, 3.8) is 0 Å². The molecule has 4 heteroatoms. The van der Waals surface area contributed by atoms with E-state index < -0.39 is 0 Å². The van der Waals surface area contributed by atoms with Gasteiger partial charge in [0.25, 0.3) is 0 Å². The van der Waals surface area contributed by atoms with Crippen LogP contribution in [0.4, 0.5) is 5.69 Å². The molecule has 106 valence electrons. The second kappa shape index (κ2) is 5.70. The number of anilines is 1. The van der Waals surface area contributed by atoms with E-state index in [1.165, 1.54) is 0 Å². The second-order valence-corrected chi connectivity index (χ2v) is 6.08. The molecule has 1 fully saturated rings. The monoisotopic (exact) mass is 282 g/mol. The fraction of sp³-hybridized carbons (Fsp3) is 0.600. The zero-order chi connectivity index (χ0) is 14.0. The lowest BCUT2D eigenvalue weighted by molar-refractivity contribution is -0.00465. The molecule has 1 saturated heterocycles. The summed E-state index contributed by atoms with van der Waals surface area (Å²) in [6.07, 6.45) is 2.24. The van der Waals surface area contributed by atoms with Gasteiger partial charge in [0.05, 0.1) is 5.60 Å². The first-order valence-electron chi connectivity index (χ1n) is 6.80. The van der Waals surface area contributed by atoms with Gasteiger partial charge in [-0.15, -0.1) is 0 Å². The molecule has 2 rings (SSSR count). The molecule has 2 unspecified atom stereocenters. The fourth-order valence-corrected chi connectivity index (χ4v) is 3.02. The van der Waals surface area contributed by atoms with Crippen LogP contribution in [0.15, 0.2) is 18.2 Å². The summed E-state index contributed by atoms with van der Waals surface area (Å²) in [7, 11) is 1.79. The van der Waals surface area contributed by atoms with Gasteiger partial charge in [0.1, 0.15) is 0 Å². The molecule has 3 nitrogen and oxygen atoms in total. The van der Waals surface area contributed by atoms with E-state index in [0.29, 0.717) is 0 Å². The summed E-state index contributed by atoms with van der Waals surface area (Å²) in [5.74, 6) is 0. The number of piperidine rings is 1. The molecular weight excluding hydrogens is 260 g/mol. The molecule has 0 saturated carbocycles. The van der Waals surface area contributed by atoms with Crippen molar-refractivity contribution in [3.8, 4) is 0 Å². The topological polar surface area (TPSA) is 38.5 Å². The maximum Gasteiger partial charge on any atom is 0.0825 e. The van der Waals surface area contributed by atoms with E-state index in [4.69, 9.17) is 22.1 Å². The number of hydrogen-bond acceptors (Lipinski definition) is 3. The molecule has 0 radical (unpaired) electrons. The Morgan fingerprint density at radius 1 is 1.47 bits per heavy atom. The third-order valence-corrected chi connectivity index (χ3v) is 4.32. The van der Waals surface area contributed by atoms with Gasteiger partial charge in [-0.05, 0) is 44.4 Å². The van der Waals surface area contributed by atoms with Crippen LogP contribution in [0, 0.1) is 0 Å². The van der Waals surface area contributed by atoms with Gasteiger partial charge in [-0.3, -0.25) is 0 Å². The average molecular weight is 283 g/mol. The van der Waals surface area contributed by atoms with Gasteiger partial charge in [0.2, 0.25) is 0 Å². The van der Waals surface area contributed by atoms with Gasteiger partial charge in [-0.2, -0.15) is 0 Å². The highest BCUT2D eigenvalue weighted by molar-refractivity contribution is 6.31. The van der Waals surface area contributed by atoms with E-state index in [0.717, 1.165) is 42.2 Å². The fourth-order valence-electron chi connectivity index (χ4n) is 2.67. The summed E-state index contributed by atoms with van der Waals surface area (Å²) in [5, 5.41) is 0.747. The largest absolute Gasteiger partial charge is 0.377 e. The first-order chi connectivity index (χ1) is 8.95. The van der Waals surface area contributed by atoms with Gasteiger partial charge in [-0.1, -0.05) is 17.7 Å². The lowest BCUT2D eigenvalue weighted by Gasteiger charge is -2.40. The Hall–Kier alpha value is -0.770. The molecule has 0 bridgehead atoms. The molecule has 1 aromatic rings. The maximum atomic E-state index is 6.31. The number of nitrogens with two attached hydrogens (primary N) is 1. The first kappa shape index (κ1) is 14.6. The van der Waals surface area contributed by atoms with Crippen molar-refractivity contribution < 1.29 is 4.74 Å². The van der Waals surface area contributed by atoms with Crippen molar-refractivity contribution in [2.75, 3.05) is 25.1 Å². The van der Waals surface area contributed by atoms with Crippen LogP contribution in [0.3, 0.4) is 0 Å². The number of nitrogens with zero attached hydrogens (tertiary/aromatic N) is 1. The second-order valence-electron chi connectivity index (χ2n) is 5.67. The number of halogens is 1. The van der Waals surface area contributed by atoms with Crippen LogP contribution in [0.2, 0.25) is 5.02 Å². The molecule has 1 aromatic carbocycles. The van der Waals surface area contributed by atoms with Gasteiger partial charge in [0.15, 0.2) is 0 Å². The third kappa shape index (κ3) is 3.22. The Balaban J connectivity index is 2.20. The Morgan fingerprint density at radius 3 is 2.79 bits per heavy atom. The number of rotatable bonds is 3. The van der Waals surface area contributed by atoms with Crippen molar-refractivity contribution >= 4 is 17.3 Å². The third-order valence-electron chi connectivity index (χ3n) is 3.99. The zero-order valence-corrected chi connectivity index (χ0v) is 12.7. The number of ether oxygens (including phenoxy) is 1. The quantitative estimate of drug-likeness (QED) is 0.924. The molecular formula is C15H23ClN2O. The predicted molar refractivity (Wildman–Crippen MR) is 80.9 cm³/mol. The van der Waals surface area contributed by atoms with E-state index in [-0.39, 0.29) is 11.6 Å². The SMILES string of the molecule is COC1(C)CCCN(c2ccc(C(C)N)c(Cl)c2)C1. The Kier molecular flexibility index (Phi) is 4.39. The minimum Gasteiger partial charge on any atom is -0.377 e. The summed E-state index contributed by atoms with van der Waals surface area (Å²) < 4.78 is 5.63. The van der Waals surface area contributed by atoms with E-state index in [1.54, 1.807) is 7.11 Å². The van der Waals surface area contributed by atoms with Gasteiger partial charge >= 0.3 is 0 Å². The Morgan fingerprint density at radius 2 is 2.21 bits per heavy atom. The van der Waals surface area contributed by atoms with Crippen LogP contribution in [0.5, 0.6) is 0 Å². The van der Waals surface area contributed by atoms with Crippen molar-refractivity contribution in [2.24, 2.45) is 5.73 Å². The van der Waals surface area contributed by atoms with Crippen LogP contribution >= 0.6 is 11.6 Å². The first-order valence-corrected chi connectivity index (χ1v) is 7.18. The smallest absolute Gasteiger partial charge is 0.0825 e. The van der Waals surface area contributed by atoms with Crippen LogP contribution in [0.1, 0.15) is 38.3 Å². The summed E-state index contributed by atoms with van der Waals surface area (Å²) in [6, 6.07) is 6.11. The van der Waals surface area contributed by atoms with E-state index in [9.17, 15) is 0 Å². The van der Waals surface area contributed by atoms with Crippen molar-refractivity contribution in [1.29, 1.82) is 0 Å². The van der Waals surface area contributed by atoms with Gasteiger partial charge in [0, 0.05) is 37.0 Å². The van der Waals surface area contributed by atoms with E-state index in [1.807, 2.05) is 19.1 Å². The number of benzene rings is 1. The van der Waals surface area contributed by atoms with Crippen LogP contribution in [-0.4, -0.2) is 25.8 Å². The molecule has 0 amide bonds. The van der Waals surface area contributed by atoms with Crippen molar-refractivity contribution in [3.05, 3.63) is 28.8 Å². The Labute approximate surface area is 120 Å². The maximum absolute atomic E-state index is 6.31. The molecule has 1 heterocycles. The molecule has 0 spiro atoms. The van der Waals surface area contributed by atoms with Crippen LogP contribution < -0.4 is 10.6 Å². The molecule has 0 aromatic heterocycles. The highest BCUT2D eigenvalue weighted by Gasteiger charge is 2.31. The standard InChI is InChI=1S/C15H23ClN2O/c1-11(17)13-6-5-12(9-14(13)16)18-8-4-7-15(2,10-18)19-3/h5-6,9,11H,4,7-8,10,17H2,1-3H3. The van der Waals surface area contributed by atoms with Gasteiger partial charge in [-0.25, -0.2) is 0 Å². The van der Waals surface area contributed by atoms with Crippen molar-refractivity contribution in [1.82, 2.24) is 0 Å². The molecule has 1 aliphatic heterocycles. The summed E-state index contributed by atoms with van der Waals surface area (Å²) in [6.45, 7) is 6.06. The summed E-state index contributed by atoms with van der Waals surface area (Å²) in [5.41, 5.74) is 7.97. The van der Waals surface area contributed by atoms with Crippen LogP contribution in [-0.2, 0) is 4.74 Å². The lowest BCUT2D eigenvalue weighted by Crippen LogP contribution is -2.47. The molecule has 2 N–H and O–H groups in total. The van der Waals surface area contributed by atoms with Crippen LogP contribution in [0.25, 0.3) is 0 Å². The predicted octanol–water partition coefficient (Wildman–Crippen LogP) is 3.37. The number of hydrogen-bond donors (Lipinski definition) is 1. The minimum atomic E-state index is -0.0649. The van der Waals surface area contributed by atoms with Crippen molar-refractivity contribution in [2.45, 2.75) is 38.3 Å². The normalized spacial score (nSPS) is 25.4. The minimum absolute atomic E-state index is 0.0350. The molecule has 2 atom stereocenters. The lowest BCUT2D eigenvalue weighted by atomic mass is 9.94. The molecule has 1 aliphatic rings. The average Bonchev–Trinajstić information content (AvgIpc) is 2.38. The molecule has 19 heavy (non-hydrogen) atoms. The number of methoxy groups -OCH3 is 1. The summed E-state index contributed by atoms with van der Waals surface area (Å²) >= 11 is 6.31. The zero-order valence-electron chi connectivity index (χ0n) is 11.9.